The van der Waals surface area contributed by atoms with Gasteiger partial charge < -0.3 is 14.7 Å². The Hall–Kier alpha value is -2.47. The quantitative estimate of drug-likeness (QED) is 0.808. The van der Waals surface area contributed by atoms with Gasteiger partial charge in [-0.3, -0.25) is 9.59 Å². The van der Waals surface area contributed by atoms with Gasteiger partial charge in [0.15, 0.2) is 0 Å². The van der Waals surface area contributed by atoms with E-state index in [0.29, 0.717) is 26.3 Å². The number of morpholine rings is 1. The number of aliphatic carboxylic acids is 1. The number of carbonyl (C=O) groups excluding carboxylic acids is 2. The van der Waals surface area contributed by atoms with Crippen LogP contribution in [0, 0.1) is 0 Å². The van der Waals surface area contributed by atoms with Gasteiger partial charge in [-0.15, -0.1) is 0 Å². The molecule has 1 N–H and O–H groups in total. The number of ether oxygens (including phenoxy) is 1. The van der Waals surface area contributed by atoms with Crippen molar-refractivity contribution in [1.82, 2.24) is 4.90 Å². The number of ketones is 2. The Labute approximate surface area is 120 Å². The number of allylic oxidation sites excluding steroid dienone is 1. The van der Waals surface area contributed by atoms with E-state index in [1.54, 1.807) is 23.1 Å². The van der Waals surface area contributed by atoms with Crippen molar-refractivity contribution in [3.05, 3.63) is 46.7 Å². The minimum atomic E-state index is -1.37. The topological polar surface area (TPSA) is 83.9 Å². The summed E-state index contributed by atoms with van der Waals surface area (Å²) in [4.78, 5) is 38.1. The van der Waals surface area contributed by atoms with E-state index in [0.717, 1.165) is 0 Å². The minimum absolute atomic E-state index is 0.0190. The lowest BCUT2D eigenvalue weighted by molar-refractivity contribution is -0.132. The molecule has 6 heteroatoms. The van der Waals surface area contributed by atoms with Crippen LogP contribution in [-0.4, -0.2) is 53.8 Å². The molecule has 0 radical (unpaired) electrons. The Morgan fingerprint density at radius 2 is 1.62 bits per heavy atom. The van der Waals surface area contributed by atoms with Gasteiger partial charge >= 0.3 is 5.97 Å². The van der Waals surface area contributed by atoms with Gasteiger partial charge in [0.1, 0.15) is 11.3 Å². The van der Waals surface area contributed by atoms with E-state index in [-0.39, 0.29) is 16.8 Å². The number of Topliss-reactive ketones (excluding diaryl/α,β-unsaturated/α-hetero) is 2. The van der Waals surface area contributed by atoms with Gasteiger partial charge in [0.2, 0.25) is 11.6 Å². The second kappa shape index (κ2) is 5.14. The standard InChI is InChI=1S/C15H13NO5/c17-13-9-3-1-2-4-10(9)14(18)12(11(13)15(19)20)16-5-7-21-8-6-16/h1-4H,5-8H2,(H,19,20). The van der Waals surface area contributed by atoms with E-state index in [1.165, 1.54) is 6.07 Å². The molecule has 1 aliphatic carbocycles. The van der Waals surface area contributed by atoms with Crippen LogP contribution in [0.3, 0.4) is 0 Å². The third-order valence-electron chi connectivity index (χ3n) is 3.64. The molecule has 0 spiro atoms. The maximum absolute atomic E-state index is 12.6. The Balaban J connectivity index is 2.17. The van der Waals surface area contributed by atoms with Crippen LogP contribution in [0.4, 0.5) is 0 Å². The summed E-state index contributed by atoms with van der Waals surface area (Å²) >= 11 is 0. The number of hydrogen-bond acceptors (Lipinski definition) is 5. The fourth-order valence-corrected chi connectivity index (χ4v) is 2.65. The zero-order chi connectivity index (χ0) is 15.0. The van der Waals surface area contributed by atoms with Crippen LogP contribution >= 0.6 is 0 Å². The van der Waals surface area contributed by atoms with Crippen LogP contribution in [0.25, 0.3) is 0 Å². The molecule has 0 saturated carbocycles. The number of rotatable bonds is 2. The highest BCUT2D eigenvalue weighted by atomic mass is 16.5. The number of carboxylic acid groups (broad SMARTS) is 1. The fraction of sp³-hybridized carbons (Fsp3) is 0.267. The first-order valence-electron chi connectivity index (χ1n) is 6.60. The Morgan fingerprint density at radius 1 is 1.05 bits per heavy atom. The second-order valence-electron chi connectivity index (χ2n) is 4.83. The third-order valence-corrected chi connectivity index (χ3v) is 3.64. The lowest BCUT2D eigenvalue weighted by Crippen LogP contribution is -2.42. The fourth-order valence-electron chi connectivity index (χ4n) is 2.65. The van der Waals surface area contributed by atoms with Gasteiger partial charge in [-0.2, -0.15) is 0 Å². The van der Waals surface area contributed by atoms with E-state index in [1.807, 2.05) is 0 Å². The summed E-state index contributed by atoms with van der Waals surface area (Å²) in [7, 11) is 0. The highest BCUT2D eigenvalue weighted by molar-refractivity contribution is 6.35. The summed E-state index contributed by atoms with van der Waals surface area (Å²) in [5, 5.41) is 9.36. The predicted molar refractivity (Wildman–Crippen MR) is 72.2 cm³/mol. The molecule has 0 atom stereocenters. The van der Waals surface area contributed by atoms with Crippen LogP contribution < -0.4 is 0 Å². The van der Waals surface area contributed by atoms with Crippen LogP contribution in [0.2, 0.25) is 0 Å². The lowest BCUT2D eigenvalue weighted by atomic mass is 9.86. The number of nitrogens with zero attached hydrogens (tertiary/aromatic N) is 1. The molecule has 108 valence electrons. The van der Waals surface area contributed by atoms with Crippen LogP contribution in [0.1, 0.15) is 20.7 Å². The first-order valence-corrected chi connectivity index (χ1v) is 6.60. The van der Waals surface area contributed by atoms with Crippen molar-refractivity contribution >= 4 is 17.5 Å². The Bertz CT molecular complexity index is 670. The average molecular weight is 287 g/mol. The molecule has 1 aliphatic heterocycles. The predicted octanol–water partition coefficient (Wildman–Crippen LogP) is 0.736. The van der Waals surface area contributed by atoms with Gasteiger partial charge in [0.05, 0.1) is 13.2 Å². The summed E-state index contributed by atoms with van der Waals surface area (Å²) in [6.45, 7) is 1.60. The molecular weight excluding hydrogens is 274 g/mol. The Morgan fingerprint density at radius 3 is 2.19 bits per heavy atom. The zero-order valence-corrected chi connectivity index (χ0v) is 11.2. The van der Waals surface area contributed by atoms with E-state index in [4.69, 9.17) is 4.74 Å². The molecule has 0 bridgehead atoms. The molecule has 1 fully saturated rings. The highest BCUT2D eigenvalue weighted by Gasteiger charge is 2.38. The monoisotopic (exact) mass is 287 g/mol. The molecule has 0 unspecified atom stereocenters. The van der Waals surface area contributed by atoms with E-state index >= 15 is 0 Å². The van der Waals surface area contributed by atoms with E-state index in [2.05, 4.69) is 0 Å². The minimum Gasteiger partial charge on any atom is -0.477 e. The van der Waals surface area contributed by atoms with Crippen LogP contribution in [-0.2, 0) is 9.53 Å². The van der Waals surface area contributed by atoms with Crippen molar-refractivity contribution in [2.75, 3.05) is 26.3 Å². The van der Waals surface area contributed by atoms with Crippen LogP contribution in [0.5, 0.6) is 0 Å². The van der Waals surface area contributed by atoms with Crippen molar-refractivity contribution in [2.24, 2.45) is 0 Å². The smallest absolute Gasteiger partial charge is 0.342 e. The van der Waals surface area contributed by atoms with Crippen molar-refractivity contribution in [3.63, 3.8) is 0 Å². The molecule has 0 aromatic heterocycles. The average Bonchev–Trinajstić information content (AvgIpc) is 2.51. The van der Waals surface area contributed by atoms with Crippen LogP contribution in [0.15, 0.2) is 35.5 Å². The molecule has 21 heavy (non-hydrogen) atoms. The highest BCUT2D eigenvalue weighted by Crippen LogP contribution is 2.29. The maximum Gasteiger partial charge on any atom is 0.342 e. The molecule has 1 saturated heterocycles. The maximum atomic E-state index is 12.6. The number of hydrogen-bond donors (Lipinski definition) is 1. The molecule has 6 nitrogen and oxygen atoms in total. The largest absolute Gasteiger partial charge is 0.477 e. The summed E-state index contributed by atoms with van der Waals surface area (Å²) in [5.74, 6) is -2.40. The van der Waals surface area contributed by atoms with Crippen molar-refractivity contribution in [3.8, 4) is 0 Å². The number of fused-ring (bicyclic) bond motifs is 1. The summed E-state index contributed by atoms with van der Waals surface area (Å²) in [6.07, 6.45) is 0. The van der Waals surface area contributed by atoms with Gasteiger partial charge in [-0.1, -0.05) is 24.3 Å². The van der Waals surface area contributed by atoms with Crippen molar-refractivity contribution in [2.45, 2.75) is 0 Å². The van der Waals surface area contributed by atoms with Crippen molar-refractivity contribution in [1.29, 1.82) is 0 Å². The molecule has 1 aromatic carbocycles. The van der Waals surface area contributed by atoms with Gasteiger partial charge in [-0.05, 0) is 0 Å². The molecule has 3 rings (SSSR count). The first kappa shape index (κ1) is 13.5. The number of benzene rings is 1. The van der Waals surface area contributed by atoms with Gasteiger partial charge in [0, 0.05) is 24.2 Å². The molecule has 0 amide bonds. The lowest BCUT2D eigenvalue weighted by Gasteiger charge is -2.33. The molecular formula is C15H13NO5. The normalized spacial score (nSPS) is 18.8. The summed E-state index contributed by atoms with van der Waals surface area (Å²) < 4.78 is 5.21. The van der Waals surface area contributed by atoms with Gasteiger partial charge in [0.25, 0.3) is 0 Å². The number of carbonyl (C=O) groups is 3. The van der Waals surface area contributed by atoms with E-state index < -0.39 is 23.1 Å². The Kier molecular flexibility index (Phi) is 3.31. The molecule has 2 aliphatic rings. The SMILES string of the molecule is O=C(O)C1=C(N2CCOCC2)C(=O)c2ccccc2C1=O. The van der Waals surface area contributed by atoms with Crippen molar-refractivity contribution < 1.29 is 24.2 Å². The second-order valence-corrected chi connectivity index (χ2v) is 4.83. The summed E-state index contributed by atoms with van der Waals surface area (Å²) in [6, 6.07) is 6.30. The summed E-state index contributed by atoms with van der Waals surface area (Å²) in [5.41, 5.74) is -0.0546. The van der Waals surface area contributed by atoms with Gasteiger partial charge in [-0.25, -0.2) is 4.79 Å². The van der Waals surface area contributed by atoms with E-state index in [9.17, 15) is 19.5 Å². The zero-order valence-electron chi connectivity index (χ0n) is 11.2. The molecule has 1 heterocycles. The third kappa shape index (κ3) is 2.13. The first-order chi connectivity index (χ1) is 10.1. The number of carboxylic acids is 1. The molecule has 1 aromatic rings.